The van der Waals surface area contributed by atoms with E-state index in [0.717, 1.165) is 11.3 Å². The van der Waals surface area contributed by atoms with Crippen molar-refractivity contribution in [3.05, 3.63) is 52.1 Å². The van der Waals surface area contributed by atoms with Gasteiger partial charge in [0, 0.05) is 0 Å². The molecule has 31 heavy (non-hydrogen) atoms. The minimum Gasteiger partial charge on any atom is -0.497 e. The van der Waals surface area contributed by atoms with E-state index in [1.807, 2.05) is 38.1 Å². The van der Waals surface area contributed by atoms with E-state index >= 15 is 0 Å². The van der Waals surface area contributed by atoms with Gasteiger partial charge in [-0.2, -0.15) is 10.2 Å². The lowest BCUT2D eigenvalue weighted by molar-refractivity contribution is -0.144. The second kappa shape index (κ2) is 10.2. The van der Waals surface area contributed by atoms with E-state index in [0.29, 0.717) is 36.4 Å². The first-order chi connectivity index (χ1) is 14.9. The summed E-state index contributed by atoms with van der Waals surface area (Å²) in [6.07, 6.45) is 1.87. The average Bonchev–Trinajstić information content (AvgIpc) is 3.11. The number of carbonyl (C=O) groups is 1. The van der Waals surface area contributed by atoms with Crippen LogP contribution in [0, 0.1) is 6.92 Å². The molecule has 9 nitrogen and oxygen atoms in total. The van der Waals surface area contributed by atoms with E-state index in [4.69, 9.17) is 14.2 Å². The third-order valence-corrected chi connectivity index (χ3v) is 4.91. The van der Waals surface area contributed by atoms with Gasteiger partial charge in [0.15, 0.2) is 0 Å². The summed E-state index contributed by atoms with van der Waals surface area (Å²) < 4.78 is 18.8. The van der Waals surface area contributed by atoms with Crippen LogP contribution in [0.25, 0.3) is 10.9 Å². The molecule has 0 spiro atoms. The zero-order valence-electron chi connectivity index (χ0n) is 18.3. The van der Waals surface area contributed by atoms with Gasteiger partial charge in [-0.3, -0.25) is 14.3 Å². The molecule has 0 saturated heterocycles. The molecule has 0 amide bonds. The third kappa shape index (κ3) is 5.29. The monoisotopic (exact) mass is 428 g/mol. The van der Waals surface area contributed by atoms with Crippen LogP contribution in [0.3, 0.4) is 0 Å². The van der Waals surface area contributed by atoms with Gasteiger partial charge < -0.3 is 14.2 Å². The van der Waals surface area contributed by atoms with Crippen LogP contribution >= 0.6 is 0 Å². The molecule has 1 aromatic carbocycles. The predicted molar refractivity (Wildman–Crippen MR) is 115 cm³/mol. The Labute approximate surface area is 180 Å². The van der Waals surface area contributed by atoms with E-state index in [2.05, 4.69) is 10.2 Å². The van der Waals surface area contributed by atoms with Crippen molar-refractivity contribution in [2.75, 3.05) is 26.9 Å². The zero-order chi connectivity index (χ0) is 22.4. The summed E-state index contributed by atoms with van der Waals surface area (Å²) in [4.78, 5) is 24.4. The zero-order valence-corrected chi connectivity index (χ0v) is 18.3. The van der Waals surface area contributed by atoms with Crippen molar-refractivity contribution in [3.8, 4) is 5.75 Å². The van der Waals surface area contributed by atoms with Gasteiger partial charge in [0.2, 0.25) is 0 Å². The molecule has 0 fully saturated rings. The van der Waals surface area contributed by atoms with E-state index in [9.17, 15) is 9.59 Å². The summed E-state index contributed by atoms with van der Waals surface area (Å²) in [7, 11) is 1.61. The van der Waals surface area contributed by atoms with Gasteiger partial charge in [-0.1, -0.05) is 12.1 Å². The molecule has 0 aliphatic heterocycles. The Morgan fingerprint density at radius 1 is 1.23 bits per heavy atom. The highest BCUT2D eigenvalue weighted by Gasteiger charge is 2.18. The largest absolute Gasteiger partial charge is 0.497 e. The highest BCUT2D eigenvalue weighted by molar-refractivity contribution is 5.80. The number of ether oxygens (including phenoxy) is 3. The summed E-state index contributed by atoms with van der Waals surface area (Å²) in [6, 6.07) is 7.39. The van der Waals surface area contributed by atoms with Crippen LogP contribution in [0.5, 0.6) is 5.75 Å². The number of aryl methyl sites for hydroxylation is 1. The highest BCUT2D eigenvalue weighted by Crippen LogP contribution is 2.18. The summed E-state index contributed by atoms with van der Waals surface area (Å²) in [5, 5.41) is 9.43. The summed E-state index contributed by atoms with van der Waals surface area (Å²) in [5.74, 6) is 0.479. The Balaban J connectivity index is 1.73. The quantitative estimate of drug-likeness (QED) is 0.361. The number of nitrogens with zero attached hydrogens (tertiary/aromatic N) is 4. The number of rotatable bonds is 10. The number of hydrogen-bond donors (Lipinski definition) is 0. The predicted octanol–water partition coefficient (Wildman–Crippen LogP) is 2.49. The van der Waals surface area contributed by atoms with Gasteiger partial charge in [-0.25, -0.2) is 4.68 Å². The number of carbonyl (C=O) groups excluding carboxylic acids is 1. The third-order valence-electron chi connectivity index (χ3n) is 4.91. The van der Waals surface area contributed by atoms with Crippen molar-refractivity contribution < 1.29 is 19.0 Å². The summed E-state index contributed by atoms with van der Waals surface area (Å²) in [6.45, 7) is 6.86. The summed E-state index contributed by atoms with van der Waals surface area (Å²) >= 11 is 0. The molecule has 0 radical (unpaired) electrons. The number of benzene rings is 1. The molecule has 3 aromatic rings. The Morgan fingerprint density at radius 2 is 1.97 bits per heavy atom. The van der Waals surface area contributed by atoms with E-state index in [-0.39, 0.29) is 30.6 Å². The van der Waals surface area contributed by atoms with E-state index < -0.39 is 0 Å². The molecule has 0 aliphatic rings. The molecule has 1 unspecified atom stereocenters. The molecule has 2 aromatic heterocycles. The Kier molecular flexibility index (Phi) is 7.41. The SMILES string of the molecule is CCOC(=O)CCOCC(C)n1nc(C)c2c(=O)n(Cc3ccc(OC)cc3)ncc21. The van der Waals surface area contributed by atoms with Crippen molar-refractivity contribution in [3.63, 3.8) is 0 Å². The lowest BCUT2D eigenvalue weighted by Crippen LogP contribution is -2.24. The second-order valence-corrected chi connectivity index (χ2v) is 7.22. The maximum Gasteiger partial charge on any atom is 0.308 e. The van der Waals surface area contributed by atoms with E-state index in [1.165, 1.54) is 4.68 Å². The highest BCUT2D eigenvalue weighted by atomic mass is 16.5. The van der Waals surface area contributed by atoms with Crippen LogP contribution in [0.4, 0.5) is 0 Å². The van der Waals surface area contributed by atoms with Gasteiger partial charge in [-0.05, 0) is 38.5 Å². The van der Waals surface area contributed by atoms with Crippen LogP contribution in [0.15, 0.2) is 35.3 Å². The molecule has 1 atom stereocenters. The lowest BCUT2D eigenvalue weighted by Gasteiger charge is -2.14. The van der Waals surface area contributed by atoms with Gasteiger partial charge in [-0.15, -0.1) is 0 Å². The molecule has 9 heteroatoms. The molecule has 0 saturated carbocycles. The standard InChI is InChI=1S/C22H28N4O5/c1-5-31-20(27)10-11-30-14-15(2)26-19-12-23-25(22(28)21(19)16(3)24-26)13-17-6-8-18(29-4)9-7-17/h6-9,12,15H,5,10-11,13-14H2,1-4H3. The fourth-order valence-electron chi connectivity index (χ4n) is 3.32. The first-order valence-corrected chi connectivity index (χ1v) is 10.3. The Bertz CT molecular complexity index is 1090. The van der Waals surface area contributed by atoms with Gasteiger partial charge in [0.1, 0.15) is 5.75 Å². The smallest absolute Gasteiger partial charge is 0.308 e. The van der Waals surface area contributed by atoms with Crippen LogP contribution in [0.2, 0.25) is 0 Å². The maximum absolute atomic E-state index is 13.0. The van der Waals surface area contributed by atoms with Crippen molar-refractivity contribution in [2.45, 2.75) is 39.8 Å². The number of hydrogen-bond acceptors (Lipinski definition) is 7. The molecule has 2 heterocycles. The number of methoxy groups -OCH3 is 1. The first-order valence-electron chi connectivity index (χ1n) is 10.3. The second-order valence-electron chi connectivity index (χ2n) is 7.22. The van der Waals surface area contributed by atoms with Crippen LogP contribution in [-0.2, 0) is 20.8 Å². The molecule has 3 rings (SSSR count). The minimum absolute atomic E-state index is 0.128. The summed E-state index contributed by atoms with van der Waals surface area (Å²) in [5.41, 5.74) is 2.06. The molecule has 166 valence electrons. The van der Waals surface area contributed by atoms with Crippen molar-refractivity contribution in [2.24, 2.45) is 0 Å². The van der Waals surface area contributed by atoms with Crippen LogP contribution in [-0.4, -0.2) is 52.5 Å². The van der Waals surface area contributed by atoms with Gasteiger partial charge in [0.05, 0.1) is 68.7 Å². The molecule has 0 N–H and O–H groups in total. The minimum atomic E-state index is -0.280. The molecular weight excluding hydrogens is 400 g/mol. The van der Waals surface area contributed by atoms with E-state index in [1.54, 1.807) is 24.9 Å². The molecular formula is C22H28N4O5. The van der Waals surface area contributed by atoms with Crippen LogP contribution in [0.1, 0.15) is 37.6 Å². The number of aromatic nitrogens is 4. The maximum atomic E-state index is 13.0. The van der Waals surface area contributed by atoms with Gasteiger partial charge in [0.25, 0.3) is 5.56 Å². The van der Waals surface area contributed by atoms with Crippen LogP contribution < -0.4 is 10.3 Å². The first kappa shape index (κ1) is 22.5. The Morgan fingerprint density at radius 3 is 2.65 bits per heavy atom. The van der Waals surface area contributed by atoms with Gasteiger partial charge >= 0.3 is 5.97 Å². The Hall–Kier alpha value is -3.20. The number of fused-ring (bicyclic) bond motifs is 1. The molecule has 0 bridgehead atoms. The molecule has 0 aliphatic carbocycles. The topological polar surface area (TPSA) is 97.5 Å². The van der Waals surface area contributed by atoms with Crippen molar-refractivity contribution in [1.29, 1.82) is 0 Å². The number of esters is 1. The normalized spacial score (nSPS) is 12.1. The fourth-order valence-corrected chi connectivity index (χ4v) is 3.32. The van der Waals surface area contributed by atoms with Crippen molar-refractivity contribution >= 4 is 16.9 Å². The average molecular weight is 428 g/mol. The van der Waals surface area contributed by atoms with Crippen molar-refractivity contribution in [1.82, 2.24) is 19.6 Å². The lowest BCUT2D eigenvalue weighted by atomic mass is 10.2. The fraction of sp³-hybridized carbons (Fsp3) is 0.455.